The third-order valence-electron chi connectivity index (χ3n) is 3.73. The van der Waals surface area contributed by atoms with Gasteiger partial charge in [-0.1, -0.05) is 19.3 Å². The molecule has 18 heavy (non-hydrogen) atoms. The number of nitrogens with two attached hydrogens (primary N) is 1. The number of hydrogen-bond acceptors (Lipinski definition) is 3. The predicted octanol–water partition coefficient (Wildman–Crippen LogP) is 2.76. The molecule has 0 spiro atoms. The van der Waals surface area contributed by atoms with Crippen molar-refractivity contribution in [1.29, 1.82) is 0 Å². The lowest BCUT2D eigenvalue weighted by molar-refractivity contribution is 0.0882. The van der Waals surface area contributed by atoms with Crippen LogP contribution in [0.2, 0.25) is 0 Å². The Kier molecular flexibility index (Phi) is 4.56. The molecule has 1 aromatic heterocycles. The first-order valence-electron chi connectivity index (χ1n) is 6.66. The monoisotopic (exact) mass is 313 g/mol. The molecule has 2 unspecified atom stereocenters. The van der Waals surface area contributed by atoms with Gasteiger partial charge in [0.2, 0.25) is 0 Å². The minimum absolute atomic E-state index is 0.00731. The van der Waals surface area contributed by atoms with Crippen molar-refractivity contribution in [3.05, 3.63) is 16.4 Å². The lowest BCUT2D eigenvalue weighted by atomic mass is 9.89. The fourth-order valence-corrected chi connectivity index (χ4v) is 3.18. The van der Waals surface area contributed by atoms with Gasteiger partial charge in [-0.25, -0.2) is 0 Å². The molecule has 2 N–H and O–H groups in total. The first kappa shape index (κ1) is 13.7. The molecule has 0 aromatic carbocycles. The van der Waals surface area contributed by atoms with E-state index < -0.39 is 0 Å². The summed E-state index contributed by atoms with van der Waals surface area (Å²) in [5, 5.41) is 4.21. The van der Waals surface area contributed by atoms with Crippen molar-refractivity contribution in [1.82, 2.24) is 9.78 Å². The van der Waals surface area contributed by atoms with Crippen LogP contribution < -0.4 is 5.73 Å². The Balaban J connectivity index is 2.26. The van der Waals surface area contributed by atoms with Crippen LogP contribution in [-0.4, -0.2) is 21.6 Å². The Morgan fingerprint density at radius 1 is 1.50 bits per heavy atom. The van der Waals surface area contributed by atoms with Gasteiger partial charge in [-0.3, -0.25) is 9.48 Å². The number of aromatic nitrogens is 2. The number of carbonyl (C=O) groups is 1. The Hall–Kier alpha value is -0.680. The Bertz CT molecular complexity index is 430. The van der Waals surface area contributed by atoms with Gasteiger partial charge in [-0.05, 0) is 35.7 Å². The smallest absolute Gasteiger partial charge is 0.186 e. The van der Waals surface area contributed by atoms with E-state index in [9.17, 15) is 4.79 Å². The highest BCUT2D eigenvalue weighted by Crippen LogP contribution is 2.28. The highest BCUT2D eigenvalue weighted by molar-refractivity contribution is 9.10. The van der Waals surface area contributed by atoms with E-state index in [0.29, 0.717) is 12.2 Å². The number of hydrogen-bond donors (Lipinski definition) is 1. The summed E-state index contributed by atoms with van der Waals surface area (Å²) in [6.07, 6.45) is 6.97. The normalized spacial score (nSPS) is 24.8. The summed E-state index contributed by atoms with van der Waals surface area (Å²) in [4.78, 5) is 12.7. The standard InChI is InChI=1S/C13H20BrN3O/c1-2-17-12(10(14)8-16-17)13(18)9-6-4-3-5-7-11(9)15/h8-9,11H,2-7,15H2,1H3. The van der Waals surface area contributed by atoms with Crippen LogP contribution in [0, 0.1) is 5.92 Å². The molecule has 1 saturated carbocycles. The molecular weight excluding hydrogens is 294 g/mol. The first-order chi connectivity index (χ1) is 8.65. The van der Waals surface area contributed by atoms with Crippen molar-refractivity contribution in [2.75, 3.05) is 0 Å². The fourth-order valence-electron chi connectivity index (χ4n) is 2.68. The zero-order chi connectivity index (χ0) is 13.1. The van der Waals surface area contributed by atoms with Gasteiger partial charge in [-0.2, -0.15) is 5.10 Å². The molecule has 2 atom stereocenters. The molecule has 100 valence electrons. The lowest BCUT2D eigenvalue weighted by Crippen LogP contribution is -2.35. The fraction of sp³-hybridized carbons (Fsp3) is 0.692. The summed E-state index contributed by atoms with van der Waals surface area (Å²) in [6.45, 7) is 2.69. The van der Waals surface area contributed by atoms with Gasteiger partial charge in [-0.15, -0.1) is 0 Å². The second-order valence-corrected chi connectivity index (χ2v) is 5.78. The SMILES string of the molecule is CCn1ncc(Br)c1C(=O)C1CCCCCC1N. The molecule has 1 aliphatic rings. The van der Waals surface area contributed by atoms with Crippen molar-refractivity contribution in [3.8, 4) is 0 Å². The van der Waals surface area contributed by atoms with Crippen LogP contribution >= 0.6 is 15.9 Å². The van der Waals surface area contributed by atoms with E-state index in [-0.39, 0.29) is 17.7 Å². The summed E-state index contributed by atoms with van der Waals surface area (Å²) in [5.41, 5.74) is 6.84. The highest BCUT2D eigenvalue weighted by Gasteiger charge is 2.31. The van der Waals surface area contributed by atoms with Crippen molar-refractivity contribution in [2.24, 2.45) is 11.7 Å². The molecular formula is C13H20BrN3O. The number of carbonyl (C=O) groups excluding carboxylic acids is 1. The second kappa shape index (κ2) is 5.97. The molecule has 1 aliphatic carbocycles. The molecule has 5 heteroatoms. The number of rotatable bonds is 3. The van der Waals surface area contributed by atoms with Crippen molar-refractivity contribution in [3.63, 3.8) is 0 Å². The number of ketones is 1. The number of halogens is 1. The minimum atomic E-state index is -0.0502. The molecule has 1 aromatic rings. The molecule has 0 radical (unpaired) electrons. The van der Waals surface area contributed by atoms with Gasteiger partial charge in [0.05, 0.1) is 10.7 Å². The van der Waals surface area contributed by atoms with Gasteiger partial charge in [0.25, 0.3) is 0 Å². The highest BCUT2D eigenvalue weighted by atomic mass is 79.9. The van der Waals surface area contributed by atoms with Crippen LogP contribution in [-0.2, 0) is 6.54 Å². The maximum atomic E-state index is 12.7. The van der Waals surface area contributed by atoms with E-state index in [1.165, 1.54) is 6.42 Å². The number of nitrogens with zero attached hydrogens (tertiary/aromatic N) is 2. The van der Waals surface area contributed by atoms with E-state index >= 15 is 0 Å². The average molecular weight is 314 g/mol. The van der Waals surface area contributed by atoms with Crippen LogP contribution in [0.1, 0.15) is 49.5 Å². The molecule has 0 saturated heterocycles. The van der Waals surface area contributed by atoms with E-state index in [4.69, 9.17) is 5.73 Å². The average Bonchev–Trinajstić information content (AvgIpc) is 2.59. The summed E-state index contributed by atoms with van der Waals surface area (Å²) >= 11 is 3.42. The van der Waals surface area contributed by atoms with E-state index in [2.05, 4.69) is 21.0 Å². The second-order valence-electron chi connectivity index (χ2n) is 4.93. The van der Waals surface area contributed by atoms with Crippen LogP contribution in [0.3, 0.4) is 0 Å². The van der Waals surface area contributed by atoms with Crippen molar-refractivity contribution in [2.45, 2.75) is 51.6 Å². The van der Waals surface area contributed by atoms with Crippen LogP contribution in [0.25, 0.3) is 0 Å². The van der Waals surface area contributed by atoms with Crippen LogP contribution in [0.5, 0.6) is 0 Å². The molecule has 0 amide bonds. The van der Waals surface area contributed by atoms with E-state index in [1.54, 1.807) is 10.9 Å². The minimum Gasteiger partial charge on any atom is -0.327 e. The zero-order valence-corrected chi connectivity index (χ0v) is 12.3. The van der Waals surface area contributed by atoms with Crippen LogP contribution in [0.4, 0.5) is 0 Å². The largest absolute Gasteiger partial charge is 0.327 e. The van der Waals surface area contributed by atoms with Gasteiger partial charge in [0.15, 0.2) is 5.78 Å². The molecule has 4 nitrogen and oxygen atoms in total. The lowest BCUT2D eigenvalue weighted by Gasteiger charge is -2.20. The first-order valence-corrected chi connectivity index (χ1v) is 7.45. The van der Waals surface area contributed by atoms with E-state index in [0.717, 1.165) is 30.2 Å². The van der Waals surface area contributed by atoms with Crippen molar-refractivity contribution >= 4 is 21.7 Å². The molecule has 0 aliphatic heterocycles. The van der Waals surface area contributed by atoms with E-state index in [1.807, 2.05) is 6.92 Å². The third-order valence-corrected chi connectivity index (χ3v) is 4.31. The summed E-state index contributed by atoms with van der Waals surface area (Å²) in [5.74, 6) is 0.0985. The summed E-state index contributed by atoms with van der Waals surface area (Å²) < 4.78 is 2.54. The van der Waals surface area contributed by atoms with Gasteiger partial charge in [0, 0.05) is 18.5 Å². The van der Waals surface area contributed by atoms with Crippen LogP contribution in [0.15, 0.2) is 10.7 Å². The number of Topliss-reactive ketones (excluding diaryl/α,β-unsaturated/α-hetero) is 1. The molecule has 2 rings (SSSR count). The third kappa shape index (κ3) is 2.67. The Labute approximate surface area is 116 Å². The van der Waals surface area contributed by atoms with Crippen molar-refractivity contribution < 1.29 is 4.79 Å². The van der Waals surface area contributed by atoms with Gasteiger partial charge < -0.3 is 5.73 Å². The predicted molar refractivity (Wildman–Crippen MR) is 74.5 cm³/mol. The molecule has 1 fully saturated rings. The zero-order valence-electron chi connectivity index (χ0n) is 10.7. The maximum Gasteiger partial charge on any atom is 0.186 e. The quantitative estimate of drug-likeness (QED) is 0.689. The van der Waals surface area contributed by atoms with Gasteiger partial charge >= 0.3 is 0 Å². The Morgan fingerprint density at radius 2 is 2.22 bits per heavy atom. The Morgan fingerprint density at radius 3 is 2.94 bits per heavy atom. The topological polar surface area (TPSA) is 60.9 Å². The summed E-state index contributed by atoms with van der Waals surface area (Å²) in [6, 6.07) is -0.00731. The number of aryl methyl sites for hydroxylation is 1. The molecule has 1 heterocycles. The maximum absolute atomic E-state index is 12.7. The van der Waals surface area contributed by atoms with Gasteiger partial charge in [0.1, 0.15) is 5.69 Å². The summed E-state index contributed by atoms with van der Waals surface area (Å²) in [7, 11) is 0. The molecule has 0 bridgehead atoms.